The van der Waals surface area contributed by atoms with Crippen LogP contribution in [0.25, 0.3) is 11.1 Å². The summed E-state index contributed by atoms with van der Waals surface area (Å²) in [4.78, 5) is 34.6. The molecule has 4 rings (SSSR count). The molecule has 1 saturated heterocycles. The third kappa shape index (κ3) is 5.14. The van der Waals surface area contributed by atoms with Crippen LogP contribution >= 0.6 is 0 Å². The van der Waals surface area contributed by atoms with E-state index in [1.54, 1.807) is 11.1 Å². The number of carbonyl (C=O) groups is 2. The van der Waals surface area contributed by atoms with Crippen molar-refractivity contribution in [2.24, 2.45) is 5.41 Å². The van der Waals surface area contributed by atoms with Crippen LogP contribution in [-0.4, -0.2) is 53.8 Å². The van der Waals surface area contributed by atoms with Crippen LogP contribution in [0.15, 0.2) is 79.1 Å². The molecule has 170 valence electrons. The maximum absolute atomic E-state index is 13.6. The highest BCUT2D eigenvalue weighted by Crippen LogP contribution is 2.38. The zero-order chi connectivity index (χ0) is 23.3. The number of rotatable bonds is 6. The van der Waals surface area contributed by atoms with Crippen LogP contribution in [0.3, 0.4) is 0 Å². The van der Waals surface area contributed by atoms with Crippen molar-refractivity contribution >= 4 is 11.8 Å². The molecule has 1 aromatic heterocycles. The summed E-state index contributed by atoms with van der Waals surface area (Å²) in [6.07, 6.45) is 6.15. The second-order valence-corrected chi connectivity index (χ2v) is 9.14. The van der Waals surface area contributed by atoms with E-state index in [-0.39, 0.29) is 11.8 Å². The molecule has 33 heavy (non-hydrogen) atoms. The third-order valence-electron chi connectivity index (χ3n) is 6.51. The van der Waals surface area contributed by atoms with Crippen LogP contribution in [-0.2, 0) is 22.4 Å². The van der Waals surface area contributed by atoms with Gasteiger partial charge in [-0.25, -0.2) is 0 Å². The van der Waals surface area contributed by atoms with Gasteiger partial charge in [-0.1, -0.05) is 60.7 Å². The average Bonchev–Trinajstić information content (AvgIpc) is 2.85. The van der Waals surface area contributed by atoms with Crippen molar-refractivity contribution in [3.63, 3.8) is 0 Å². The molecule has 0 N–H and O–H groups in total. The molecule has 0 spiro atoms. The van der Waals surface area contributed by atoms with Gasteiger partial charge in [0.1, 0.15) is 0 Å². The molecule has 2 aromatic carbocycles. The van der Waals surface area contributed by atoms with Crippen molar-refractivity contribution in [1.29, 1.82) is 0 Å². The van der Waals surface area contributed by atoms with E-state index in [1.807, 2.05) is 79.8 Å². The summed E-state index contributed by atoms with van der Waals surface area (Å²) < 4.78 is 0. The minimum atomic E-state index is -0.646. The highest BCUT2D eigenvalue weighted by Gasteiger charge is 2.44. The first-order chi connectivity index (χ1) is 16.0. The average molecular weight is 442 g/mol. The fourth-order valence-corrected chi connectivity index (χ4v) is 4.94. The Hall–Kier alpha value is -3.47. The summed E-state index contributed by atoms with van der Waals surface area (Å²) in [6.45, 7) is 1.13. The molecular formula is C28H31N3O2. The highest BCUT2D eigenvalue weighted by atomic mass is 16.2. The molecule has 3 aromatic rings. The molecule has 5 nitrogen and oxygen atoms in total. The number of aromatic nitrogens is 1. The predicted octanol–water partition coefficient (Wildman–Crippen LogP) is 4.23. The van der Waals surface area contributed by atoms with E-state index in [9.17, 15) is 9.59 Å². The van der Waals surface area contributed by atoms with Gasteiger partial charge in [0.25, 0.3) is 0 Å². The summed E-state index contributed by atoms with van der Waals surface area (Å²) in [6, 6.07) is 22.0. The van der Waals surface area contributed by atoms with E-state index in [0.29, 0.717) is 25.9 Å². The molecule has 1 unspecified atom stereocenters. The van der Waals surface area contributed by atoms with Crippen molar-refractivity contribution in [3.8, 4) is 11.1 Å². The second-order valence-electron chi connectivity index (χ2n) is 9.14. The van der Waals surface area contributed by atoms with Crippen molar-refractivity contribution in [3.05, 3.63) is 90.3 Å². The van der Waals surface area contributed by atoms with Crippen molar-refractivity contribution < 1.29 is 9.59 Å². The highest BCUT2D eigenvalue weighted by molar-refractivity contribution is 5.85. The van der Waals surface area contributed by atoms with E-state index in [1.165, 1.54) is 0 Å². The van der Waals surface area contributed by atoms with Gasteiger partial charge < -0.3 is 9.80 Å². The van der Waals surface area contributed by atoms with Gasteiger partial charge in [-0.2, -0.15) is 0 Å². The maximum Gasteiger partial charge on any atom is 0.230 e. The second kappa shape index (κ2) is 9.99. The zero-order valence-corrected chi connectivity index (χ0v) is 19.4. The minimum absolute atomic E-state index is 0.0809. The number of pyridine rings is 1. The van der Waals surface area contributed by atoms with Crippen LogP contribution in [0.1, 0.15) is 24.0 Å². The van der Waals surface area contributed by atoms with Crippen LogP contribution < -0.4 is 0 Å². The molecular weight excluding hydrogens is 410 g/mol. The molecule has 1 aliphatic heterocycles. The van der Waals surface area contributed by atoms with E-state index in [2.05, 4.69) is 17.1 Å². The largest absolute Gasteiger partial charge is 0.348 e. The lowest BCUT2D eigenvalue weighted by Gasteiger charge is -2.43. The van der Waals surface area contributed by atoms with Gasteiger partial charge in [-0.05, 0) is 42.0 Å². The number of hydrogen-bond acceptors (Lipinski definition) is 3. The van der Waals surface area contributed by atoms with E-state index < -0.39 is 5.41 Å². The van der Waals surface area contributed by atoms with E-state index in [4.69, 9.17) is 0 Å². The van der Waals surface area contributed by atoms with E-state index >= 15 is 0 Å². The smallest absolute Gasteiger partial charge is 0.230 e. The predicted molar refractivity (Wildman–Crippen MR) is 130 cm³/mol. The molecule has 5 heteroatoms. The number of hydrogen-bond donors (Lipinski definition) is 0. The number of carbonyl (C=O) groups excluding carboxylic acids is 2. The number of benzene rings is 2. The topological polar surface area (TPSA) is 53.5 Å². The van der Waals surface area contributed by atoms with Gasteiger partial charge >= 0.3 is 0 Å². The van der Waals surface area contributed by atoms with Crippen molar-refractivity contribution in [2.75, 3.05) is 27.2 Å². The quantitative estimate of drug-likeness (QED) is 0.575. The van der Waals surface area contributed by atoms with Crippen molar-refractivity contribution in [2.45, 2.75) is 25.7 Å². The third-order valence-corrected chi connectivity index (χ3v) is 6.51. The Balaban J connectivity index is 1.64. The summed E-state index contributed by atoms with van der Waals surface area (Å²) in [5.41, 5.74) is 3.59. The molecule has 0 saturated carbocycles. The van der Waals surface area contributed by atoms with Gasteiger partial charge in [-0.3, -0.25) is 14.6 Å². The molecule has 1 atom stereocenters. The van der Waals surface area contributed by atoms with Crippen LogP contribution in [0.5, 0.6) is 0 Å². The standard InChI is InChI=1S/C28H31N3O2/c1-30(2)27(33)28(19-23-12-6-7-14-25(23)24-13-8-16-29-20-24)15-9-17-31(21-28)26(32)18-22-10-4-3-5-11-22/h3-8,10-14,16,20H,9,15,17-19,21H2,1-2H3. The Labute approximate surface area is 196 Å². The summed E-state index contributed by atoms with van der Waals surface area (Å²) in [5.74, 6) is 0.165. The lowest BCUT2D eigenvalue weighted by Crippen LogP contribution is -2.54. The van der Waals surface area contributed by atoms with Gasteiger partial charge in [-0.15, -0.1) is 0 Å². The Morgan fingerprint density at radius 3 is 2.48 bits per heavy atom. The molecule has 0 radical (unpaired) electrons. The summed E-state index contributed by atoms with van der Waals surface area (Å²) >= 11 is 0. The van der Waals surface area contributed by atoms with Gasteiger partial charge in [0, 0.05) is 45.1 Å². The minimum Gasteiger partial charge on any atom is -0.348 e. The normalized spacial score (nSPS) is 18.1. The van der Waals surface area contributed by atoms with E-state index in [0.717, 1.165) is 35.1 Å². The number of nitrogens with zero attached hydrogens (tertiary/aromatic N) is 3. The van der Waals surface area contributed by atoms with Crippen molar-refractivity contribution in [1.82, 2.24) is 14.8 Å². The first-order valence-electron chi connectivity index (χ1n) is 11.5. The lowest BCUT2D eigenvalue weighted by molar-refractivity contribution is -0.147. The van der Waals surface area contributed by atoms with Gasteiger partial charge in [0.2, 0.25) is 11.8 Å². The van der Waals surface area contributed by atoms with Crippen LogP contribution in [0.2, 0.25) is 0 Å². The Bertz CT molecular complexity index is 1100. The SMILES string of the molecule is CN(C)C(=O)C1(Cc2ccccc2-c2cccnc2)CCCN(C(=O)Cc2ccccc2)C1. The molecule has 2 heterocycles. The lowest BCUT2D eigenvalue weighted by atomic mass is 9.73. The fraction of sp³-hybridized carbons (Fsp3) is 0.321. The van der Waals surface area contributed by atoms with Crippen LogP contribution in [0.4, 0.5) is 0 Å². The monoisotopic (exact) mass is 441 g/mol. The Kier molecular flexibility index (Phi) is 6.87. The van der Waals surface area contributed by atoms with Gasteiger partial charge in [0.05, 0.1) is 11.8 Å². The van der Waals surface area contributed by atoms with Crippen LogP contribution in [0, 0.1) is 5.41 Å². The summed E-state index contributed by atoms with van der Waals surface area (Å²) in [5, 5.41) is 0. The Morgan fingerprint density at radius 1 is 1.00 bits per heavy atom. The maximum atomic E-state index is 13.6. The number of amides is 2. The summed E-state index contributed by atoms with van der Waals surface area (Å²) in [7, 11) is 3.61. The molecule has 0 bridgehead atoms. The fourth-order valence-electron chi connectivity index (χ4n) is 4.94. The molecule has 1 fully saturated rings. The zero-order valence-electron chi connectivity index (χ0n) is 19.4. The first kappa shape index (κ1) is 22.7. The number of piperidine rings is 1. The Morgan fingerprint density at radius 2 is 1.76 bits per heavy atom. The molecule has 0 aliphatic carbocycles. The number of likely N-dealkylation sites (tertiary alicyclic amines) is 1. The van der Waals surface area contributed by atoms with Gasteiger partial charge in [0.15, 0.2) is 0 Å². The molecule has 1 aliphatic rings. The molecule has 2 amide bonds. The first-order valence-corrected chi connectivity index (χ1v) is 11.5.